The van der Waals surface area contributed by atoms with E-state index in [-0.39, 0.29) is 6.10 Å². The van der Waals surface area contributed by atoms with Gasteiger partial charge in [0.05, 0.1) is 5.76 Å². The first-order valence-electron chi connectivity index (χ1n) is 2.62. The van der Waals surface area contributed by atoms with E-state index in [1.807, 2.05) is 13.0 Å². The minimum absolute atomic E-state index is 0.00926. The number of rotatable bonds is 0. The lowest BCUT2D eigenvalue weighted by Gasteiger charge is -2.01. The zero-order valence-electron chi connectivity index (χ0n) is 4.85. The molecule has 8 heavy (non-hydrogen) atoms. The summed E-state index contributed by atoms with van der Waals surface area (Å²) < 4.78 is 5.14. The number of terminal acetylenes is 1. The van der Waals surface area contributed by atoms with Crippen molar-refractivity contribution in [1.82, 2.24) is 0 Å². The second kappa shape index (κ2) is 1.92. The predicted molar refractivity (Wildman–Crippen MR) is 32.1 cm³/mol. The van der Waals surface area contributed by atoms with Crippen LogP contribution in [-0.2, 0) is 4.74 Å². The van der Waals surface area contributed by atoms with Gasteiger partial charge in [-0.05, 0) is 13.0 Å². The zero-order chi connectivity index (χ0) is 5.98. The summed E-state index contributed by atoms with van der Waals surface area (Å²) in [7, 11) is 0. The van der Waals surface area contributed by atoms with E-state index < -0.39 is 0 Å². The Morgan fingerprint density at radius 2 is 2.75 bits per heavy atom. The minimum atomic E-state index is 0.00926. The molecule has 0 spiro atoms. The van der Waals surface area contributed by atoms with Crippen LogP contribution in [-0.4, -0.2) is 6.10 Å². The van der Waals surface area contributed by atoms with E-state index in [2.05, 4.69) is 5.92 Å². The second-order valence-corrected chi connectivity index (χ2v) is 1.82. The molecule has 1 rings (SSSR count). The third kappa shape index (κ3) is 0.840. The lowest BCUT2D eigenvalue weighted by atomic mass is 10.3. The molecule has 0 aromatic heterocycles. The van der Waals surface area contributed by atoms with Crippen LogP contribution in [0.3, 0.4) is 0 Å². The van der Waals surface area contributed by atoms with Crippen molar-refractivity contribution in [2.24, 2.45) is 0 Å². The SMILES string of the molecule is C#CC1CC=C(C)O1. The van der Waals surface area contributed by atoms with Crippen LogP contribution in [0.4, 0.5) is 0 Å². The maximum atomic E-state index is 5.14. The Morgan fingerprint density at radius 3 is 3.00 bits per heavy atom. The lowest BCUT2D eigenvalue weighted by molar-refractivity contribution is 0.193. The largest absolute Gasteiger partial charge is 0.482 e. The molecule has 1 aliphatic heterocycles. The Morgan fingerprint density at radius 1 is 2.00 bits per heavy atom. The van der Waals surface area contributed by atoms with Crippen LogP contribution in [0.15, 0.2) is 11.8 Å². The maximum absolute atomic E-state index is 5.14. The molecule has 42 valence electrons. The van der Waals surface area contributed by atoms with Gasteiger partial charge in [0, 0.05) is 6.42 Å². The summed E-state index contributed by atoms with van der Waals surface area (Å²) in [6, 6.07) is 0. The van der Waals surface area contributed by atoms with Gasteiger partial charge in [0.15, 0.2) is 6.10 Å². The van der Waals surface area contributed by atoms with Crippen LogP contribution in [0.1, 0.15) is 13.3 Å². The Hall–Kier alpha value is -0.900. The molecule has 0 bridgehead atoms. The molecule has 0 N–H and O–H groups in total. The van der Waals surface area contributed by atoms with E-state index in [1.54, 1.807) is 0 Å². The van der Waals surface area contributed by atoms with Crippen LogP contribution >= 0.6 is 0 Å². The zero-order valence-corrected chi connectivity index (χ0v) is 4.85. The predicted octanol–water partition coefficient (Wildman–Crippen LogP) is 1.31. The van der Waals surface area contributed by atoms with Crippen molar-refractivity contribution in [2.75, 3.05) is 0 Å². The second-order valence-electron chi connectivity index (χ2n) is 1.82. The molecular formula is C7H8O. The number of hydrogen-bond acceptors (Lipinski definition) is 1. The van der Waals surface area contributed by atoms with Crippen molar-refractivity contribution in [3.8, 4) is 12.3 Å². The van der Waals surface area contributed by atoms with E-state index in [4.69, 9.17) is 11.2 Å². The highest BCUT2D eigenvalue weighted by molar-refractivity contribution is 5.08. The van der Waals surface area contributed by atoms with Crippen LogP contribution in [0.2, 0.25) is 0 Å². The summed E-state index contributed by atoms with van der Waals surface area (Å²) in [6.07, 6.45) is 7.98. The first-order chi connectivity index (χ1) is 3.83. The molecule has 1 heterocycles. The maximum Gasteiger partial charge on any atom is 0.161 e. The summed E-state index contributed by atoms with van der Waals surface area (Å²) >= 11 is 0. The lowest BCUT2D eigenvalue weighted by Crippen LogP contribution is -1.99. The van der Waals surface area contributed by atoms with E-state index in [0.29, 0.717) is 0 Å². The van der Waals surface area contributed by atoms with E-state index in [9.17, 15) is 0 Å². The first kappa shape index (κ1) is 5.24. The van der Waals surface area contributed by atoms with Crippen LogP contribution in [0, 0.1) is 12.3 Å². The van der Waals surface area contributed by atoms with Gasteiger partial charge in [-0.25, -0.2) is 0 Å². The highest BCUT2D eigenvalue weighted by atomic mass is 16.5. The van der Waals surface area contributed by atoms with Gasteiger partial charge in [0.2, 0.25) is 0 Å². The molecule has 0 amide bonds. The van der Waals surface area contributed by atoms with Crippen molar-refractivity contribution in [3.63, 3.8) is 0 Å². The normalized spacial score (nSPS) is 26.0. The molecule has 0 aromatic rings. The van der Waals surface area contributed by atoms with Crippen LogP contribution in [0.25, 0.3) is 0 Å². The minimum Gasteiger partial charge on any atom is -0.482 e. The number of hydrogen-bond donors (Lipinski definition) is 0. The monoisotopic (exact) mass is 108 g/mol. The molecule has 0 aromatic carbocycles. The molecule has 1 heteroatoms. The van der Waals surface area contributed by atoms with E-state index >= 15 is 0 Å². The van der Waals surface area contributed by atoms with Gasteiger partial charge in [-0.1, -0.05) is 5.92 Å². The van der Waals surface area contributed by atoms with Crippen molar-refractivity contribution >= 4 is 0 Å². The third-order valence-corrected chi connectivity index (χ3v) is 1.13. The molecule has 1 aliphatic rings. The molecular weight excluding hydrogens is 100 g/mol. The van der Waals surface area contributed by atoms with Gasteiger partial charge in [-0.15, -0.1) is 6.42 Å². The van der Waals surface area contributed by atoms with Gasteiger partial charge in [-0.3, -0.25) is 0 Å². The van der Waals surface area contributed by atoms with Gasteiger partial charge in [0.25, 0.3) is 0 Å². The average molecular weight is 108 g/mol. The molecule has 0 saturated carbocycles. The molecule has 0 aliphatic carbocycles. The smallest absolute Gasteiger partial charge is 0.161 e. The van der Waals surface area contributed by atoms with Gasteiger partial charge < -0.3 is 4.74 Å². The van der Waals surface area contributed by atoms with Gasteiger partial charge in [-0.2, -0.15) is 0 Å². The Bertz CT molecular complexity index is 150. The van der Waals surface area contributed by atoms with Crippen molar-refractivity contribution in [1.29, 1.82) is 0 Å². The number of allylic oxidation sites excluding steroid dienone is 1. The fourth-order valence-electron chi connectivity index (χ4n) is 0.696. The fourth-order valence-corrected chi connectivity index (χ4v) is 0.696. The summed E-state index contributed by atoms with van der Waals surface area (Å²) in [4.78, 5) is 0. The van der Waals surface area contributed by atoms with Crippen molar-refractivity contribution in [2.45, 2.75) is 19.4 Å². The summed E-state index contributed by atoms with van der Waals surface area (Å²) in [5.41, 5.74) is 0. The Balaban J connectivity index is 2.47. The number of ether oxygens (including phenoxy) is 1. The van der Waals surface area contributed by atoms with Gasteiger partial charge in [0.1, 0.15) is 0 Å². The Kier molecular flexibility index (Phi) is 1.26. The highest BCUT2D eigenvalue weighted by Crippen LogP contribution is 2.14. The molecule has 0 saturated heterocycles. The van der Waals surface area contributed by atoms with Gasteiger partial charge >= 0.3 is 0 Å². The highest BCUT2D eigenvalue weighted by Gasteiger charge is 2.10. The van der Waals surface area contributed by atoms with Crippen LogP contribution < -0.4 is 0 Å². The Labute approximate surface area is 49.3 Å². The molecule has 0 radical (unpaired) electrons. The molecule has 0 fully saturated rings. The standard InChI is InChI=1S/C7H8O/c1-3-7-5-4-6(2)8-7/h1,4,7H,5H2,2H3. The summed E-state index contributed by atoms with van der Waals surface area (Å²) in [5.74, 6) is 3.47. The van der Waals surface area contributed by atoms with E-state index in [0.717, 1.165) is 12.2 Å². The van der Waals surface area contributed by atoms with Crippen molar-refractivity contribution < 1.29 is 4.74 Å². The van der Waals surface area contributed by atoms with Crippen molar-refractivity contribution in [3.05, 3.63) is 11.8 Å². The third-order valence-electron chi connectivity index (χ3n) is 1.13. The molecule has 1 nitrogen and oxygen atoms in total. The molecule has 1 atom stereocenters. The van der Waals surface area contributed by atoms with Crippen LogP contribution in [0.5, 0.6) is 0 Å². The molecule has 1 unspecified atom stereocenters. The summed E-state index contributed by atoms with van der Waals surface area (Å²) in [6.45, 7) is 1.91. The first-order valence-corrected chi connectivity index (χ1v) is 2.62. The fraction of sp³-hybridized carbons (Fsp3) is 0.429. The summed E-state index contributed by atoms with van der Waals surface area (Å²) in [5, 5.41) is 0. The average Bonchev–Trinajstić information content (AvgIpc) is 2.14. The quantitative estimate of drug-likeness (QED) is 0.425. The van der Waals surface area contributed by atoms with E-state index in [1.165, 1.54) is 0 Å². The topological polar surface area (TPSA) is 9.23 Å².